The molecule has 4 nitrogen and oxygen atoms in total. The van der Waals surface area contributed by atoms with E-state index in [-0.39, 0.29) is 0 Å². The van der Waals surface area contributed by atoms with E-state index in [1.165, 1.54) is 11.1 Å². The first-order valence-corrected chi connectivity index (χ1v) is 8.50. The van der Waals surface area contributed by atoms with E-state index in [9.17, 15) is 0 Å². The first-order valence-electron chi connectivity index (χ1n) is 7.56. The summed E-state index contributed by atoms with van der Waals surface area (Å²) >= 11 is 1.74. The maximum atomic E-state index is 4.43. The zero-order valence-corrected chi connectivity index (χ0v) is 13.8. The molecule has 0 saturated carbocycles. The summed E-state index contributed by atoms with van der Waals surface area (Å²) in [6, 6.07) is 2.17. The van der Waals surface area contributed by atoms with E-state index in [1.807, 2.05) is 0 Å². The number of hydrogen-bond donors (Lipinski definition) is 2. The monoisotopic (exact) mass is 304 g/mol. The lowest BCUT2D eigenvalue weighted by Gasteiger charge is -2.17. The number of thiophene rings is 1. The molecule has 0 unspecified atom stereocenters. The minimum atomic E-state index is 0.384. The molecule has 0 fully saturated rings. The van der Waals surface area contributed by atoms with Crippen molar-refractivity contribution < 1.29 is 0 Å². The Morgan fingerprint density at radius 3 is 2.43 bits per heavy atom. The highest BCUT2D eigenvalue weighted by molar-refractivity contribution is 7.07. The number of anilines is 2. The summed E-state index contributed by atoms with van der Waals surface area (Å²) in [5.41, 5.74) is 2.55. The second kappa shape index (κ2) is 7.98. The maximum Gasteiger partial charge on any atom is 0.134 e. The molecule has 0 aromatic carbocycles. The van der Waals surface area contributed by atoms with E-state index in [2.05, 4.69) is 58.2 Å². The van der Waals surface area contributed by atoms with Gasteiger partial charge in [0.05, 0.1) is 0 Å². The molecule has 0 spiro atoms. The number of rotatable bonds is 8. The van der Waals surface area contributed by atoms with Crippen molar-refractivity contribution in [1.29, 1.82) is 0 Å². The molecule has 2 aromatic rings. The topological polar surface area (TPSA) is 49.8 Å². The van der Waals surface area contributed by atoms with Gasteiger partial charge in [-0.2, -0.15) is 11.3 Å². The van der Waals surface area contributed by atoms with Gasteiger partial charge in [0.25, 0.3) is 0 Å². The fraction of sp³-hybridized carbons (Fsp3) is 0.500. The number of nitrogens with one attached hydrogen (secondary N) is 2. The van der Waals surface area contributed by atoms with Gasteiger partial charge in [0, 0.05) is 18.7 Å². The minimum Gasteiger partial charge on any atom is -0.370 e. The van der Waals surface area contributed by atoms with Crippen molar-refractivity contribution >= 4 is 23.0 Å². The Hall–Kier alpha value is -1.62. The van der Waals surface area contributed by atoms with Gasteiger partial charge in [-0.25, -0.2) is 9.97 Å². The third kappa shape index (κ3) is 4.43. The molecule has 21 heavy (non-hydrogen) atoms. The highest BCUT2D eigenvalue weighted by atomic mass is 32.1. The van der Waals surface area contributed by atoms with Gasteiger partial charge in [-0.1, -0.05) is 20.8 Å². The van der Waals surface area contributed by atoms with Gasteiger partial charge in [-0.05, 0) is 41.1 Å². The van der Waals surface area contributed by atoms with Crippen LogP contribution in [0, 0.1) is 0 Å². The zero-order valence-electron chi connectivity index (χ0n) is 13.0. The summed E-state index contributed by atoms with van der Waals surface area (Å²) in [6.45, 7) is 8.34. The van der Waals surface area contributed by atoms with Crippen molar-refractivity contribution in [1.82, 2.24) is 9.97 Å². The average Bonchev–Trinajstić information content (AvgIpc) is 2.98. The van der Waals surface area contributed by atoms with Gasteiger partial charge < -0.3 is 10.6 Å². The highest BCUT2D eigenvalue weighted by Crippen LogP contribution is 2.28. The molecular formula is C16H24N4S. The first kappa shape index (κ1) is 15.8. The van der Waals surface area contributed by atoms with Crippen LogP contribution in [0.5, 0.6) is 0 Å². The first-order chi connectivity index (χ1) is 10.2. The Balaban J connectivity index is 2.06. The quantitative estimate of drug-likeness (QED) is 0.769. The summed E-state index contributed by atoms with van der Waals surface area (Å²) in [7, 11) is 0. The molecule has 0 bridgehead atoms. The summed E-state index contributed by atoms with van der Waals surface area (Å²) in [5, 5.41) is 11.2. The van der Waals surface area contributed by atoms with Gasteiger partial charge in [0.2, 0.25) is 0 Å². The van der Waals surface area contributed by atoms with Gasteiger partial charge in [0.1, 0.15) is 18.0 Å². The predicted octanol–water partition coefficient (Wildman–Crippen LogP) is 4.14. The third-order valence-corrected chi connectivity index (χ3v) is 4.02. The second-order valence-corrected chi connectivity index (χ2v) is 6.15. The fourth-order valence-corrected chi connectivity index (χ4v) is 2.93. The van der Waals surface area contributed by atoms with Gasteiger partial charge in [0.15, 0.2) is 0 Å². The Bertz CT molecular complexity index is 537. The normalized spacial score (nSPS) is 10.9. The van der Waals surface area contributed by atoms with Crippen LogP contribution in [0.2, 0.25) is 0 Å². The molecule has 0 radical (unpaired) electrons. The van der Waals surface area contributed by atoms with Crippen molar-refractivity contribution in [2.45, 2.75) is 39.5 Å². The van der Waals surface area contributed by atoms with Gasteiger partial charge >= 0.3 is 0 Å². The fourth-order valence-electron chi connectivity index (χ4n) is 2.23. The van der Waals surface area contributed by atoms with E-state index < -0.39 is 0 Å². The molecule has 0 atom stereocenters. The Morgan fingerprint density at radius 1 is 1.14 bits per heavy atom. The lowest BCUT2D eigenvalue weighted by Crippen LogP contribution is -2.13. The van der Waals surface area contributed by atoms with E-state index in [1.54, 1.807) is 17.7 Å². The number of aromatic nitrogens is 2. The third-order valence-electron chi connectivity index (χ3n) is 3.29. The molecule has 2 rings (SSSR count). The van der Waals surface area contributed by atoms with Gasteiger partial charge in [-0.3, -0.25) is 0 Å². The van der Waals surface area contributed by atoms with E-state index in [0.717, 1.165) is 37.6 Å². The summed E-state index contributed by atoms with van der Waals surface area (Å²) < 4.78 is 0. The lowest BCUT2D eigenvalue weighted by molar-refractivity contribution is 0.838. The Kier molecular flexibility index (Phi) is 5.99. The average molecular weight is 304 g/mol. The molecule has 0 aliphatic carbocycles. The van der Waals surface area contributed by atoms with Crippen LogP contribution in [0.3, 0.4) is 0 Å². The summed E-state index contributed by atoms with van der Waals surface area (Å²) in [6.07, 6.45) is 3.74. The van der Waals surface area contributed by atoms with Crippen molar-refractivity contribution in [2.24, 2.45) is 0 Å². The SMILES string of the molecule is CCCNc1ncnc(NCCc2ccsc2)c1C(C)C. The van der Waals surface area contributed by atoms with Crippen LogP contribution in [0.15, 0.2) is 23.2 Å². The van der Waals surface area contributed by atoms with Crippen LogP contribution in [0.25, 0.3) is 0 Å². The number of nitrogens with zero attached hydrogens (tertiary/aromatic N) is 2. The summed E-state index contributed by atoms with van der Waals surface area (Å²) in [4.78, 5) is 8.82. The smallest absolute Gasteiger partial charge is 0.134 e. The van der Waals surface area contributed by atoms with Crippen molar-refractivity contribution in [3.8, 4) is 0 Å². The largest absolute Gasteiger partial charge is 0.370 e. The molecule has 0 amide bonds. The zero-order chi connectivity index (χ0) is 15.1. The molecule has 0 saturated heterocycles. The van der Waals surface area contributed by atoms with Crippen molar-refractivity contribution in [2.75, 3.05) is 23.7 Å². The van der Waals surface area contributed by atoms with Crippen LogP contribution in [-0.2, 0) is 6.42 Å². The lowest BCUT2D eigenvalue weighted by atomic mass is 10.0. The predicted molar refractivity (Wildman–Crippen MR) is 91.4 cm³/mol. The maximum absolute atomic E-state index is 4.43. The van der Waals surface area contributed by atoms with Crippen molar-refractivity contribution in [3.05, 3.63) is 34.3 Å². The van der Waals surface area contributed by atoms with E-state index >= 15 is 0 Å². The standard InChI is InChI=1S/C16H24N4S/c1-4-7-17-15-14(12(2)3)16(20-11-19-15)18-8-5-13-6-9-21-10-13/h6,9-12H,4-5,7-8H2,1-3H3,(H2,17,18,19,20). The second-order valence-electron chi connectivity index (χ2n) is 5.37. The van der Waals surface area contributed by atoms with Gasteiger partial charge in [-0.15, -0.1) is 0 Å². The molecule has 0 aliphatic rings. The van der Waals surface area contributed by atoms with Crippen LogP contribution in [-0.4, -0.2) is 23.1 Å². The van der Waals surface area contributed by atoms with Crippen LogP contribution < -0.4 is 10.6 Å². The Labute approximate surface area is 131 Å². The molecule has 2 N–H and O–H groups in total. The van der Waals surface area contributed by atoms with E-state index in [4.69, 9.17) is 0 Å². The molecule has 2 heterocycles. The van der Waals surface area contributed by atoms with Crippen molar-refractivity contribution in [3.63, 3.8) is 0 Å². The van der Waals surface area contributed by atoms with Crippen LogP contribution in [0.1, 0.15) is 44.2 Å². The molecule has 114 valence electrons. The molecule has 0 aliphatic heterocycles. The summed E-state index contributed by atoms with van der Waals surface area (Å²) in [5.74, 6) is 2.29. The minimum absolute atomic E-state index is 0.384. The number of hydrogen-bond acceptors (Lipinski definition) is 5. The molecule has 2 aromatic heterocycles. The van der Waals surface area contributed by atoms with E-state index in [0.29, 0.717) is 5.92 Å². The highest BCUT2D eigenvalue weighted by Gasteiger charge is 2.14. The van der Waals surface area contributed by atoms with Crippen LogP contribution in [0.4, 0.5) is 11.6 Å². The Morgan fingerprint density at radius 2 is 1.86 bits per heavy atom. The molecule has 5 heteroatoms. The van der Waals surface area contributed by atoms with Crippen LogP contribution >= 0.6 is 11.3 Å². The molecular weight excluding hydrogens is 280 g/mol.